The number of thiazole rings is 1. The molecule has 0 radical (unpaired) electrons. The van der Waals surface area contributed by atoms with E-state index in [1.165, 1.54) is 15.9 Å². The number of carbonyl (C=O) groups is 2. The lowest BCUT2D eigenvalue weighted by molar-refractivity contribution is -0.139. The predicted octanol–water partition coefficient (Wildman–Crippen LogP) is 5.09. The van der Waals surface area contributed by atoms with E-state index in [0.717, 1.165) is 11.1 Å². The van der Waals surface area contributed by atoms with Gasteiger partial charge in [0.2, 0.25) is 0 Å². The fraction of sp³-hybridized carbons (Fsp3) is 0.212. The summed E-state index contributed by atoms with van der Waals surface area (Å²) in [6, 6.07) is 19.2. The molecule has 0 bridgehead atoms. The largest absolute Gasteiger partial charge is 0.484 e. The highest BCUT2D eigenvalue weighted by Gasteiger charge is 2.34. The highest BCUT2D eigenvalue weighted by molar-refractivity contribution is 7.07. The summed E-state index contributed by atoms with van der Waals surface area (Å²) in [6.07, 6.45) is 1.74. The smallest absolute Gasteiger partial charge is 0.338 e. The third kappa shape index (κ3) is 6.48. The number of nitrogens with zero attached hydrogens (tertiary/aromatic N) is 2. The van der Waals surface area contributed by atoms with Gasteiger partial charge in [0.25, 0.3) is 11.5 Å². The highest BCUT2D eigenvalue weighted by atomic mass is 35.5. The van der Waals surface area contributed by atoms with Crippen LogP contribution in [0.25, 0.3) is 6.08 Å². The van der Waals surface area contributed by atoms with Crippen molar-refractivity contribution in [3.8, 4) is 5.75 Å². The van der Waals surface area contributed by atoms with Gasteiger partial charge < -0.3 is 14.8 Å². The van der Waals surface area contributed by atoms with E-state index in [9.17, 15) is 14.4 Å². The van der Waals surface area contributed by atoms with Crippen LogP contribution in [0.1, 0.15) is 42.1 Å². The van der Waals surface area contributed by atoms with Gasteiger partial charge >= 0.3 is 5.97 Å². The molecular weight excluding hydrogens is 586 g/mol. The Bertz CT molecular complexity index is 1940. The van der Waals surface area contributed by atoms with Crippen LogP contribution in [0, 0.1) is 13.8 Å². The van der Waals surface area contributed by atoms with Gasteiger partial charge in [-0.3, -0.25) is 14.2 Å². The number of hydrogen-bond acceptors (Lipinski definition) is 7. The second kappa shape index (κ2) is 12.8. The maximum Gasteiger partial charge on any atom is 0.338 e. The van der Waals surface area contributed by atoms with Gasteiger partial charge in [-0.1, -0.05) is 59.3 Å². The number of ether oxygens (including phenoxy) is 2. The molecule has 2 heterocycles. The number of aryl methyl sites for hydroxylation is 2. The number of nitrogens with one attached hydrogen (secondary N) is 1. The minimum Gasteiger partial charge on any atom is -0.484 e. The molecule has 1 amide bonds. The van der Waals surface area contributed by atoms with E-state index in [0.29, 0.717) is 42.6 Å². The molecule has 1 aliphatic heterocycles. The number of hydrogen-bond donors (Lipinski definition) is 1. The molecule has 1 N–H and O–H groups in total. The van der Waals surface area contributed by atoms with Crippen LogP contribution in [0.2, 0.25) is 5.02 Å². The summed E-state index contributed by atoms with van der Waals surface area (Å²) in [5, 5.41) is 3.26. The second-order valence-corrected chi connectivity index (χ2v) is 11.4. The van der Waals surface area contributed by atoms with Crippen molar-refractivity contribution in [1.82, 2.24) is 4.57 Å². The Morgan fingerprint density at radius 2 is 1.84 bits per heavy atom. The summed E-state index contributed by atoms with van der Waals surface area (Å²) >= 11 is 7.78. The van der Waals surface area contributed by atoms with Crippen molar-refractivity contribution < 1.29 is 19.1 Å². The molecule has 0 aliphatic carbocycles. The summed E-state index contributed by atoms with van der Waals surface area (Å²) in [6.45, 7) is 7.46. The number of aromatic nitrogens is 1. The van der Waals surface area contributed by atoms with Crippen molar-refractivity contribution in [2.45, 2.75) is 33.7 Å². The van der Waals surface area contributed by atoms with E-state index in [1.54, 1.807) is 56.3 Å². The molecule has 10 heteroatoms. The first kappa shape index (κ1) is 30.0. The summed E-state index contributed by atoms with van der Waals surface area (Å²) in [4.78, 5) is 44.4. The van der Waals surface area contributed by atoms with Gasteiger partial charge in [0.05, 0.1) is 22.4 Å². The summed E-state index contributed by atoms with van der Waals surface area (Å²) in [7, 11) is 0. The van der Waals surface area contributed by atoms with Crippen LogP contribution >= 0.6 is 22.9 Å². The van der Waals surface area contributed by atoms with Crippen molar-refractivity contribution >= 4 is 46.6 Å². The molecule has 1 atom stereocenters. The lowest BCUT2D eigenvalue weighted by Gasteiger charge is -2.25. The molecule has 220 valence electrons. The monoisotopic (exact) mass is 615 g/mol. The molecule has 3 aromatic carbocycles. The van der Waals surface area contributed by atoms with Gasteiger partial charge in [0.15, 0.2) is 11.4 Å². The molecule has 1 aliphatic rings. The van der Waals surface area contributed by atoms with Gasteiger partial charge in [-0.05, 0) is 86.4 Å². The number of halogens is 1. The maximum atomic E-state index is 13.8. The van der Waals surface area contributed by atoms with Crippen molar-refractivity contribution in [2.75, 3.05) is 18.5 Å². The van der Waals surface area contributed by atoms with Gasteiger partial charge in [-0.2, -0.15) is 0 Å². The quantitative estimate of drug-likeness (QED) is 0.279. The fourth-order valence-electron chi connectivity index (χ4n) is 4.79. The Morgan fingerprint density at radius 3 is 2.58 bits per heavy atom. The molecule has 0 saturated heterocycles. The molecule has 8 nitrogen and oxygen atoms in total. The highest BCUT2D eigenvalue weighted by Crippen LogP contribution is 2.34. The zero-order valence-electron chi connectivity index (χ0n) is 24.1. The average molecular weight is 616 g/mol. The molecule has 0 spiro atoms. The van der Waals surface area contributed by atoms with Gasteiger partial charge in [0.1, 0.15) is 11.8 Å². The van der Waals surface area contributed by atoms with Gasteiger partial charge in [0, 0.05) is 10.7 Å². The fourth-order valence-corrected chi connectivity index (χ4v) is 6.08. The van der Waals surface area contributed by atoms with E-state index < -0.39 is 12.0 Å². The molecule has 0 fully saturated rings. The normalized spacial score (nSPS) is 14.6. The van der Waals surface area contributed by atoms with E-state index in [-0.39, 0.29) is 30.3 Å². The van der Waals surface area contributed by atoms with Crippen LogP contribution in [-0.2, 0) is 14.3 Å². The maximum absolute atomic E-state index is 13.8. The number of esters is 1. The summed E-state index contributed by atoms with van der Waals surface area (Å²) in [5.41, 5.74) is 4.65. The minimum atomic E-state index is -0.795. The zero-order valence-corrected chi connectivity index (χ0v) is 25.7. The molecule has 1 aromatic heterocycles. The average Bonchev–Trinajstić information content (AvgIpc) is 3.27. The number of carbonyl (C=O) groups excluding carboxylic acids is 2. The van der Waals surface area contributed by atoms with Crippen LogP contribution in [0.3, 0.4) is 0 Å². The molecule has 4 aromatic rings. The van der Waals surface area contributed by atoms with Crippen LogP contribution in [0.15, 0.2) is 87.8 Å². The third-order valence-electron chi connectivity index (χ3n) is 7.03. The zero-order chi connectivity index (χ0) is 30.7. The van der Waals surface area contributed by atoms with Crippen LogP contribution in [0.5, 0.6) is 5.75 Å². The number of fused-ring (bicyclic) bond motifs is 1. The van der Waals surface area contributed by atoms with Crippen molar-refractivity contribution in [3.05, 3.63) is 125 Å². The SMILES string of the molecule is CCOC(=O)C1=C(C)N=c2s/c(=C/c3cccc(OCC(=O)Nc4ccc(C)c(C)c4)c3)c(=O)n2[C@@H]1c1ccccc1Cl. The van der Waals surface area contributed by atoms with Gasteiger partial charge in [-0.15, -0.1) is 0 Å². The second-order valence-electron chi connectivity index (χ2n) is 10.0. The van der Waals surface area contributed by atoms with E-state index >= 15 is 0 Å². The summed E-state index contributed by atoms with van der Waals surface area (Å²) in [5.74, 6) is -0.352. The van der Waals surface area contributed by atoms with Crippen molar-refractivity contribution in [3.63, 3.8) is 0 Å². The van der Waals surface area contributed by atoms with Crippen LogP contribution in [0.4, 0.5) is 5.69 Å². The number of amides is 1. The Morgan fingerprint density at radius 1 is 1.05 bits per heavy atom. The van der Waals surface area contributed by atoms with Crippen LogP contribution < -0.4 is 24.9 Å². The minimum absolute atomic E-state index is 0.174. The predicted molar refractivity (Wildman–Crippen MR) is 168 cm³/mol. The molecule has 0 saturated carbocycles. The molecular formula is C33H30ClN3O5S. The first-order chi connectivity index (χ1) is 20.7. The molecule has 0 unspecified atom stereocenters. The van der Waals surface area contributed by atoms with E-state index in [1.807, 2.05) is 44.2 Å². The van der Waals surface area contributed by atoms with Crippen LogP contribution in [-0.4, -0.2) is 29.7 Å². The van der Waals surface area contributed by atoms with Gasteiger partial charge in [-0.25, -0.2) is 9.79 Å². The Labute approximate surface area is 257 Å². The number of allylic oxidation sites excluding steroid dienone is 1. The molecule has 43 heavy (non-hydrogen) atoms. The number of anilines is 1. The molecule has 5 rings (SSSR count). The Kier molecular flexibility index (Phi) is 8.94. The van der Waals surface area contributed by atoms with E-state index in [2.05, 4.69) is 10.3 Å². The summed E-state index contributed by atoms with van der Waals surface area (Å²) < 4.78 is 13.0. The van der Waals surface area contributed by atoms with Crippen molar-refractivity contribution in [1.29, 1.82) is 0 Å². The standard InChI is InChI=1S/C33H30ClN3O5S/c1-5-41-32(40)29-21(4)35-33-37(30(29)25-11-6-7-12-26(25)34)31(39)27(43-33)17-22-9-8-10-24(16-22)42-18-28(38)36-23-14-13-19(2)20(3)15-23/h6-17,30H,5,18H2,1-4H3,(H,36,38)/b27-17+/t30-/m1/s1. The Balaban J connectivity index is 1.44. The number of benzene rings is 3. The van der Waals surface area contributed by atoms with Crippen molar-refractivity contribution in [2.24, 2.45) is 4.99 Å². The topological polar surface area (TPSA) is 99.0 Å². The van der Waals surface area contributed by atoms with E-state index in [4.69, 9.17) is 21.1 Å². The Hall–Kier alpha value is -4.47. The third-order valence-corrected chi connectivity index (χ3v) is 8.36. The lowest BCUT2D eigenvalue weighted by atomic mass is 9.96. The number of rotatable bonds is 8. The first-order valence-electron chi connectivity index (χ1n) is 13.7. The first-order valence-corrected chi connectivity index (χ1v) is 14.9. The lowest BCUT2D eigenvalue weighted by Crippen LogP contribution is -2.40.